The molecule has 4 heteroatoms. The molecule has 0 bridgehead atoms. The largest absolute Gasteiger partial charge is 0.330 e. The number of carbonyl (C=O) groups is 2. The number of rotatable bonds is 4. The van der Waals surface area contributed by atoms with E-state index in [2.05, 4.69) is 0 Å². The topological polar surface area (TPSA) is 63.4 Å². The average Bonchev–Trinajstić information content (AvgIpc) is 2.67. The predicted molar refractivity (Wildman–Crippen MR) is 73.4 cm³/mol. The van der Waals surface area contributed by atoms with E-state index in [9.17, 15) is 9.59 Å². The van der Waals surface area contributed by atoms with Crippen molar-refractivity contribution in [3.05, 3.63) is 35.9 Å². The predicted octanol–water partition coefficient (Wildman–Crippen LogP) is 1.51. The summed E-state index contributed by atoms with van der Waals surface area (Å²) in [6, 6.07) is 9.47. The Labute approximate surface area is 113 Å². The van der Waals surface area contributed by atoms with Gasteiger partial charge in [-0.25, -0.2) is 0 Å². The van der Waals surface area contributed by atoms with Crippen molar-refractivity contribution in [2.45, 2.75) is 26.2 Å². The molecule has 1 fully saturated rings. The molecule has 0 saturated carbocycles. The molecule has 2 amide bonds. The van der Waals surface area contributed by atoms with Crippen LogP contribution in [-0.4, -0.2) is 29.8 Å². The van der Waals surface area contributed by atoms with Crippen LogP contribution in [-0.2, 0) is 9.59 Å². The van der Waals surface area contributed by atoms with Crippen LogP contribution in [0.3, 0.4) is 0 Å². The number of nitrogens with zero attached hydrogens (tertiary/aromatic N) is 1. The molecule has 1 aliphatic heterocycles. The number of nitrogens with two attached hydrogens (primary N) is 1. The molecule has 1 aromatic carbocycles. The lowest BCUT2D eigenvalue weighted by atomic mass is 9.93. The van der Waals surface area contributed by atoms with Gasteiger partial charge >= 0.3 is 0 Å². The first-order valence-corrected chi connectivity index (χ1v) is 6.54. The van der Waals surface area contributed by atoms with Crippen LogP contribution in [0.25, 0.3) is 0 Å². The SMILES string of the molecule is CC(C)(CN)CN1C(=O)CC(c2ccccc2)C1=O. The minimum Gasteiger partial charge on any atom is -0.330 e. The zero-order valence-electron chi connectivity index (χ0n) is 11.4. The van der Waals surface area contributed by atoms with Crippen molar-refractivity contribution in [2.24, 2.45) is 11.1 Å². The van der Waals surface area contributed by atoms with E-state index < -0.39 is 0 Å². The fraction of sp³-hybridized carbons (Fsp3) is 0.467. The lowest BCUT2D eigenvalue weighted by Gasteiger charge is -2.27. The summed E-state index contributed by atoms with van der Waals surface area (Å²) in [6.45, 7) is 4.76. The van der Waals surface area contributed by atoms with Gasteiger partial charge in [-0.2, -0.15) is 0 Å². The maximum Gasteiger partial charge on any atom is 0.237 e. The Balaban J connectivity index is 2.18. The molecule has 1 saturated heterocycles. The standard InChI is InChI=1S/C15H20N2O2/c1-15(2,9-16)10-17-13(18)8-12(14(17)19)11-6-4-3-5-7-11/h3-7,12H,8-10,16H2,1-2H3. The van der Waals surface area contributed by atoms with Crippen LogP contribution in [0.15, 0.2) is 30.3 Å². The summed E-state index contributed by atoms with van der Waals surface area (Å²) in [5.41, 5.74) is 6.34. The van der Waals surface area contributed by atoms with Gasteiger partial charge in [0.05, 0.1) is 5.92 Å². The number of amides is 2. The van der Waals surface area contributed by atoms with Gasteiger partial charge in [-0.3, -0.25) is 14.5 Å². The second kappa shape index (κ2) is 5.13. The maximum atomic E-state index is 12.4. The van der Waals surface area contributed by atoms with Crippen molar-refractivity contribution in [1.29, 1.82) is 0 Å². The minimum atomic E-state index is -0.331. The molecule has 19 heavy (non-hydrogen) atoms. The smallest absolute Gasteiger partial charge is 0.237 e. The third-order valence-corrected chi connectivity index (χ3v) is 3.58. The molecule has 1 aromatic rings. The Bertz CT molecular complexity index is 482. The molecule has 1 heterocycles. The molecule has 2 N–H and O–H groups in total. The number of likely N-dealkylation sites (tertiary alicyclic amines) is 1. The monoisotopic (exact) mass is 260 g/mol. The molecular weight excluding hydrogens is 240 g/mol. The van der Waals surface area contributed by atoms with Crippen LogP contribution in [0.4, 0.5) is 0 Å². The van der Waals surface area contributed by atoms with Crippen LogP contribution in [0, 0.1) is 5.41 Å². The molecular formula is C15H20N2O2. The van der Waals surface area contributed by atoms with Gasteiger partial charge in [-0.05, 0) is 17.5 Å². The summed E-state index contributed by atoms with van der Waals surface area (Å²) >= 11 is 0. The maximum absolute atomic E-state index is 12.4. The fourth-order valence-electron chi connectivity index (χ4n) is 2.29. The molecule has 0 radical (unpaired) electrons. The van der Waals surface area contributed by atoms with E-state index in [4.69, 9.17) is 5.73 Å². The zero-order chi connectivity index (χ0) is 14.0. The third kappa shape index (κ3) is 2.84. The lowest BCUT2D eigenvalue weighted by Crippen LogP contribution is -2.41. The van der Waals surface area contributed by atoms with Crippen molar-refractivity contribution >= 4 is 11.8 Å². The Kier molecular flexibility index (Phi) is 3.71. The Hall–Kier alpha value is -1.68. The average molecular weight is 260 g/mol. The van der Waals surface area contributed by atoms with E-state index in [0.717, 1.165) is 5.56 Å². The van der Waals surface area contributed by atoms with Crippen LogP contribution in [0.1, 0.15) is 31.7 Å². The molecule has 0 aromatic heterocycles. The minimum absolute atomic E-state index is 0.0969. The molecule has 0 aliphatic carbocycles. The van der Waals surface area contributed by atoms with Gasteiger partial charge in [-0.15, -0.1) is 0 Å². The Morgan fingerprint density at radius 3 is 2.47 bits per heavy atom. The summed E-state index contributed by atoms with van der Waals surface area (Å²) in [5, 5.41) is 0. The van der Waals surface area contributed by atoms with Gasteiger partial charge in [0.1, 0.15) is 0 Å². The van der Waals surface area contributed by atoms with Gasteiger partial charge in [0.25, 0.3) is 0 Å². The number of hydrogen-bond donors (Lipinski definition) is 1. The van der Waals surface area contributed by atoms with Crippen molar-refractivity contribution in [3.63, 3.8) is 0 Å². The number of imide groups is 1. The summed E-state index contributed by atoms with van der Waals surface area (Å²) in [7, 11) is 0. The molecule has 102 valence electrons. The Morgan fingerprint density at radius 1 is 1.26 bits per heavy atom. The highest BCUT2D eigenvalue weighted by Gasteiger charge is 2.41. The van der Waals surface area contributed by atoms with E-state index in [0.29, 0.717) is 13.1 Å². The normalized spacial score (nSPS) is 20.2. The quantitative estimate of drug-likeness (QED) is 0.835. The molecule has 1 atom stereocenters. The van der Waals surface area contributed by atoms with Gasteiger partial charge in [0, 0.05) is 13.0 Å². The second-order valence-electron chi connectivity index (χ2n) is 5.85. The summed E-state index contributed by atoms with van der Waals surface area (Å²) < 4.78 is 0. The highest BCUT2D eigenvalue weighted by molar-refractivity contribution is 6.06. The van der Waals surface area contributed by atoms with E-state index in [1.54, 1.807) is 0 Å². The van der Waals surface area contributed by atoms with Crippen LogP contribution >= 0.6 is 0 Å². The Morgan fingerprint density at radius 2 is 1.89 bits per heavy atom. The number of hydrogen-bond acceptors (Lipinski definition) is 3. The van der Waals surface area contributed by atoms with E-state index in [1.807, 2.05) is 44.2 Å². The first kappa shape index (κ1) is 13.7. The molecule has 0 spiro atoms. The molecule has 2 rings (SSSR count). The third-order valence-electron chi connectivity index (χ3n) is 3.58. The second-order valence-corrected chi connectivity index (χ2v) is 5.85. The highest BCUT2D eigenvalue weighted by atomic mass is 16.2. The van der Waals surface area contributed by atoms with Crippen molar-refractivity contribution in [2.75, 3.05) is 13.1 Å². The van der Waals surface area contributed by atoms with Gasteiger partial charge < -0.3 is 5.73 Å². The van der Waals surface area contributed by atoms with Gasteiger partial charge in [0.15, 0.2) is 0 Å². The molecule has 4 nitrogen and oxygen atoms in total. The van der Waals surface area contributed by atoms with E-state index >= 15 is 0 Å². The zero-order valence-corrected chi connectivity index (χ0v) is 11.4. The summed E-state index contributed by atoms with van der Waals surface area (Å²) in [6.07, 6.45) is 0.267. The van der Waals surface area contributed by atoms with Crippen molar-refractivity contribution < 1.29 is 9.59 Å². The first-order chi connectivity index (χ1) is 8.94. The first-order valence-electron chi connectivity index (χ1n) is 6.54. The summed E-state index contributed by atoms with van der Waals surface area (Å²) in [5.74, 6) is -0.527. The van der Waals surface area contributed by atoms with Crippen molar-refractivity contribution in [1.82, 2.24) is 4.90 Å². The van der Waals surface area contributed by atoms with E-state index in [-0.39, 0.29) is 29.6 Å². The van der Waals surface area contributed by atoms with Gasteiger partial charge in [0.2, 0.25) is 11.8 Å². The van der Waals surface area contributed by atoms with Crippen LogP contribution in [0.5, 0.6) is 0 Å². The summed E-state index contributed by atoms with van der Waals surface area (Å²) in [4.78, 5) is 25.8. The fourth-order valence-corrected chi connectivity index (χ4v) is 2.29. The lowest BCUT2D eigenvalue weighted by molar-refractivity contribution is -0.140. The molecule has 1 unspecified atom stereocenters. The van der Waals surface area contributed by atoms with Crippen LogP contribution in [0.2, 0.25) is 0 Å². The number of benzene rings is 1. The number of carbonyl (C=O) groups excluding carboxylic acids is 2. The molecule has 1 aliphatic rings. The van der Waals surface area contributed by atoms with Gasteiger partial charge in [-0.1, -0.05) is 44.2 Å². The van der Waals surface area contributed by atoms with E-state index in [1.165, 1.54) is 4.90 Å². The van der Waals surface area contributed by atoms with Crippen molar-refractivity contribution in [3.8, 4) is 0 Å². The van der Waals surface area contributed by atoms with Crippen LogP contribution < -0.4 is 5.73 Å². The highest BCUT2D eigenvalue weighted by Crippen LogP contribution is 2.31.